The topological polar surface area (TPSA) is 22.0 Å². The maximum Gasteiger partial charge on any atom is 0.255 e. The third-order valence-corrected chi connectivity index (χ3v) is 3.12. The van der Waals surface area contributed by atoms with Gasteiger partial charge in [0.15, 0.2) is 0 Å². The van der Waals surface area contributed by atoms with Crippen LogP contribution in [0.5, 0.6) is 0 Å². The van der Waals surface area contributed by atoms with Crippen molar-refractivity contribution >= 4 is 29.9 Å². The molecular weight excluding hydrogens is 289 g/mol. The van der Waals surface area contributed by atoms with Gasteiger partial charge in [-0.1, -0.05) is 34.4 Å². The quantitative estimate of drug-likeness (QED) is 0.799. The number of halogens is 1. The second-order valence-electron chi connectivity index (χ2n) is 3.96. The molecule has 0 aliphatic rings. The molecule has 0 spiro atoms. The van der Waals surface area contributed by atoms with E-state index >= 15 is 0 Å². The summed E-state index contributed by atoms with van der Waals surface area (Å²) in [6.07, 6.45) is 6.78. The molecule has 4 heteroatoms. The van der Waals surface area contributed by atoms with Crippen LogP contribution in [0.15, 0.2) is 57.9 Å². The first kappa shape index (κ1) is 12.9. The van der Waals surface area contributed by atoms with Gasteiger partial charge in [0, 0.05) is 22.4 Å². The number of hydrogen-bond acceptors (Lipinski definition) is 1. The lowest BCUT2D eigenvalue weighted by Gasteiger charge is -2.05. The molecule has 0 atom stereocenters. The summed E-state index contributed by atoms with van der Waals surface area (Å²) in [5.41, 5.74) is 1.79. The molecule has 0 bridgehead atoms. The van der Waals surface area contributed by atoms with Gasteiger partial charge in [0.05, 0.1) is 0 Å². The summed E-state index contributed by atoms with van der Waals surface area (Å²) in [7, 11) is 2.07. The average molecular weight is 302 g/mol. The standard InChI is InChI=1S/C14H13BBrNO/c15-8-1-2-11-7-9-17(14(18)10-11)13-5-3-12(16)4-6-13/h1-7,9-10H,8,15H2/b2-1+. The fraction of sp³-hybridized carbons (Fsp3) is 0.0714. The van der Waals surface area contributed by atoms with Crippen LogP contribution in [0.1, 0.15) is 5.56 Å². The normalized spacial score (nSPS) is 10.9. The summed E-state index contributed by atoms with van der Waals surface area (Å²) in [5.74, 6) is 0. The van der Waals surface area contributed by atoms with Gasteiger partial charge >= 0.3 is 0 Å². The molecule has 0 amide bonds. The number of rotatable bonds is 3. The molecule has 2 aromatic rings. The molecule has 0 radical (unpaired) electrons. The molecule has 0 fully saturated rings. The van der Waals surface area contributed by atoms with Crippen LogP contribution in [0.4, 0.5) is 0 Å². The molecule has 0 aliphatic heterocycles. The molecule has 0 saturated carbocycles. The number of pyridine rings is 1. The SMILES string of the molecule is BC/C=C/c1ccn(-c2ccc(Br)cc2)c(=O)c1. The molecule has 18 heavy (non-hydrogen) atoms. The van der Waals surface area contributed by atoms with E-state index in [0.717, 1.165) is 22.0 Å². The zero-order valence-corrected chi connectivity index (χ0v) is 11.7. The van der Waals surface area contributed by atoms with Gasteiger partial charge in [0.2, 0.25) is 0 Å². The van der Waals surface area contributed by atoms with Gasteiger partial charge < -0.3 is 0 Å². The molecule has 1 heterocycles. The lowest BCUT2D eigenvalue weighted by Crippen LogP contribution is -2.16. The monoisotopic (exact) mass is 301 g/mol. The Morgan fingerprint density at radius 2 is 1.94 bits per heavy atom. The van der Waals surface area contributed by atoms with Crippen molar-refractivity contribution < 1.29 is 0 Å². The molecule has 0 unspecified atom stereocenters. The van der Waals surface area contributed by atoms with Crippen LogP contribution in [-0.4, -0.2) is 12.4 Å². The molecular formula is C14H13BBrNO. The Labute approximate surface area is 116 Å². The van der Waals surface area contributed by atoms with E-state index in [1.807, 2.05) is 42.5 Å². The zero-order valence-electron chi connectivity index (χ0n) is 10.1. The minimum Gasteiger partial charge on any atom is -0.284 e. The Morgan fingerprint density at radius 3 is 2.56 bits per heavy atom. The Kier molecular flexibility index (Phi) is 4.21. The van der Waals surface area contributed by atoms with Crippen LogP contribution in [0.2, 0.25) is 6.32 Å². The van der Waals surface area contributed by atoms with E-state index in [0.29, 0.717) is 0 Å². The van der Waals surface area contributed by atoms with Gasteiger partial charge in [-0.15, -0.1) is 0 Å². The zero-order chi connectivity index (χ0) is 13.0. The van der Waals surface area contributed by atoms with E-state index in [9.17, 15) is 4.79 Å². The van der Waals surface area contributed by atoms with Gasteiger partial charge in [-0.25, -0.2) is 0 Å². The molecule has 0 N–H and O–H groups in total. The largest absolute Gasteiger partial charge is 0.284 e. The first-order valence-corrected chi connectivity index (χ1v) is 6.65. The Balaban J connectivity index is 2.38. The molecule has 2 rings (SSSR count). The lowest BCUT2D eigenvalue weighted by atomic mass is 10.0. The summed E-state index contributed by atoms with van der Waals surface area (Å²) in [6, 6.07) is 11.3. The van der Waals surface area contributed by atoms with Crippen LogP contribution < -0.4 is 5.56 Å². The molecule has 2 nitrogen and oxygen atoms in total. The average Bonchev–Trinajstić information content (AvgIpc) is 2.38. The summed E-state index contributed by atoms with van der Waals surface area (Å²) in [6.45, 7) is 0. The highest BCUT2D eigenvalue weighted by Crippen LogP contribution is 2.13. The van der Waals surface area contributed by atoms with E-state index in [1.165, 1.54) is 0 Å². The van der Waals surface area contributed by atoms with Gasteiger partial charge in [0.1, 0.15) is 7.85 Å². The van der Waals surface area contributed by atoms with Crippen molar-refractivity contribution in [3.63, 3.8) is 0 Å². The number of benzene rings is 1. The first-order valence-electron chi connectivity index (χ1n) is 5.86. The van der Waals surface area contributed by atoms with Crippen molar-refractivity contribution in [1.29, 1.82) is 0 Å². The number of hydrogen-bond donors (Lipinski definition) is 0. The lowest BCUT2D eigenvalue weighted by molar-refractivity contribution is 0.988. The second kappa shape index (κ2) is 5.87. The predicted molar refractivity (Wildman–Crippen MR) is 82.1 cm³/mol. The third-order valence-electron chi connectivity index (χ3n) is 2.59. The Morgan fingerprint density at radius 1 is 1.22 bits per heavy atom. The highest BCUT2D eigenvalue weighted by Gasteiger charge is 1.99. The Hall–Kier alpha value is -1.55. The van der Waals surface area contributed by atoms with E-state index in [1.54, 1.807) is 16.8 Å². The fourth-order valence-corrected chi connectivity index (χ4v) is 1.93. The van der Waals surface area contributed by atoms with Crippen molar-refractivity contribution in [1.82, 2.24) is 4.57 Å². The van der Waals surface area contributed by atoms with Crippen LogP contribution in [0, 0.1) is 0 Å². The highest BCUT2D eigenvalue weighted by atomic mass is 79.9. The summed E-state index contributed by atoms with van der Waals surface area (Å²) in [4.78, 5) is 12.0. The Bertz CT molecular complexity index is 616. The van der Waals surface area contributed by atoms with E-state index in [4.69, 9.17) is 0 Å². The van der Waals surface area contributed by atoms with Crippen LogP contribution in [0.25, 0.3) is 11.8 Å². The van der Waals surface area contributed by atoms with E-state index in [2.05, 4.69) is 23.8 Å². The van der Waals surface area contributed by atoms with Crippen LogP contribution in [0.3, 0.4) is 0 Å². The van der Waals surface area contributed by atoms with E-state index < -0.39 is 0 Å². The molecule has 0 aliphatic carbocycles. The minimum absolute atomic E-state index is 0.0180. The van der Waals surface area contributed by atoms with Crippen molar-refractivity contribution in [2.75, 3.05) is 0 Å². The number of nitrogens with zero attached hydrogens (tertiary/aromatic N) is 1. The summed E-state index contributed by atoms with van der Waals surface area (Å²) in [5, 5.41) is 0. The maximum absolute atomic E-state index is 12.0. The summed E-state index contributed by atoms with van der Waals surface area (Å²) < 4.78 is 2.64. The van der Waals surface area contributed by atoms with Crippen LogP contribution in [-0.2, 0) is 0 Å². The van der Waals surface area contributed by atoms with Gasteiger partial charge in [-0.3, -0.25) is 9.36 Å². The van der Waals surface area contributed by atoms with Gasteiger partial charge in [-0.05, 0) is 35.9 Å². The van der Waals surface area contributed by atoms with Crippen molar-refractivity contribution in [3.05, 3.63) is 69.1 Å². The smallest absolute Gasteiger partial charge is 0.255 e. The maximum atomic E-state index is 12.0. The second-order valence-corrected chi connectivity index (χ2v) is 4.87. The predicted octanol–water partition coefficient (Wildman–Crippen LogP) is 2.66. The van der Waals surface area contributed by atoms with Gasteiger partial charge in [0.25, 0.3) is 5.56 Å². The molecule has 90 valence electrons. The number of allylic oxidation sites excluding steroid dienone is 1. The van der Waals surface area contributed by atoms with Crippen molar-refractivity contribution in [2.45, 2.75) is 6.32 Å². The van der Waals surface area contributed by atoms with Crippen molar-refractivity contribution in [3.8, 4) is 5.69 Å². The molecule has 1 aromatic carbocycles. The third kappa shape index (κ3) is 3.02. The molecule has 0 saturated heterocycles. The minimum atomic E-state index is -0.0180. The fourth-order valence-electron chi connectivity index (χ4n) is 1.67. The van der Waals surface area contributed by atoms with E-state index in [-0.39, 0.29) is 5.56 Å². The van der Waals surface area contributed by atoms with Gasteiger partial charge in [-0.2, -0.15) is 0 Å². The summed E-state index contributed by atoms with van der Waals surface area (Å²) >= 11 is 3.38. The first-order chi connectivity index (χ1) is 8.70. The van der Waals surface area contributed by atoms with Crippen LogP contribution >= 0.6 is 15.9 Å². The highest BCUT2D eigenvalue weighted by molar-refractivity contribution is 9.10. The van der Waals surface area contributed by atoms with Crippen molar-refractivity contribution in [2.24, 2.45) is 0 Å². The molecule has 1 aromatic heterocycles. The number of aromatic nitrogens is 1.